The van der Waals surface area contributed by atoms with E-state index >= 15 is 0 Å². The minimum absolute atomic E-state index is 0.0920. The van der Waals surface area contributed by atoms with Crippen molar-refractivity contribution in [3.05, 3.63) is 83.0 Å². The third kappa shape index (κ3) is 6.08. The number of benzene rings is 2. The summed E-state index contributed by atoms with van der Waals surface area (Å²) in [5, 5.41) is 7.23. The van der Waals surface area contributed by atoms with E-state index in [1.54, 1.807) is 17.8 Å². The standard InChI is InChI=1S/C26H31N5O2/c1-20-7-6-10-22(17-20)19-30-13-15-31(16-14-30)26(33)23-18-24(29(2)28-23)27-25(32)12-11-21-8-4-3-5-9-21/h3-10,17-18H,11-16,19H2,1-2H3,(H,27,32). The van der Waals surface area contributed by atoms with Crippen molar-refractivity contribution in [2.45, 2.75) is 26.3 Å². The molecule has 1 saturated heterocycles. The second-order valence-corrected chi connectivity index (χ2v) is 8.63. The molecule has 0 radical (unpaired) electrons. The molecule has 0 atom stereocenters. The Labute approximate surface area is 195 Å². The number of aryl methyl sites for hydroxylation is 3. The van der Waals surface area contributed by atoms with E-state index in [-0.39, 0.29) is 11.8 Å². The van der Waals surface area contributed by atoms with Gasteiger partial charge in [0.25, 0.3) is 5.91 Å². The Morgan fingerprint density at radius 3 is 2.39 bits per heavy atom. The third-order valence-corrected chi connectivity index (χ3v) is 6.00. The van der Waals surface area contributed by atoms with Gasteiger partial charge in [0.1, 0.15) is 5.82 Å². The van der Waals surface area contributed by atoms with Crippen LogP contribution in [0.25, 0.3) is 0 Å². The predicted octanol–water partition coefficient (Wildman–Crippen LogP) is 3.26. The molecular weight excluding hydrogens is 414 g/mol. The number of nitrogens with one attached hydrogen (secondary N) is 1. The van der Waals surface area contributed by atoms with Crippen molar-refractivity contribution < 1.29 is 9.59 Å². The van der Waals surface area contributed by atoms with Crippen molar-refractivity contribution in [1.82, 2.24) is 19.6 Å². The van der Waals surface area contributed by atoms with Crippen LogP contribution in [0.4, 0.5) is 5.82 Å². The lowest BCUT2D eigenvalue weighted by Gasteiger charge is -2.34. The Kier molecular flexibility index (Phi) is 7.19. The molecular formula is C26H31N5O2. The summed E-state index contributed by atoms with van der Waals surface area (Å²) in [5.41, 5.74) is 4.05. The zero-order valence-electron chi connectivity index (χ0n) is 19.3. The Bertz CT molecular complexity index is 1100. The van der Waals surface area contributed by atoms with Crippen LogP contribution in [0, 0.1) is 6.92 Å². The van der Waals surface area contributed by atoms with Crippen molar-refractivity contribution in [3.8, 4) is 0 Å². The number of rotatable bonds is 7. The number of hydrogen-bond donors (Lipinski definition) is 1. The number of nitrogens with zero attached hydrogens (tertiary/aromatic N) is 4. The molecule has 0 bridgehead atoms. The monoisotopic (exact) mass is 445 g/mol. The lowest BCUT2D eigenvalue weighted by Crippen LogP contribution is -2.48. The minimum Gasteiger partial charge on any atom is -0.335 e. The Morgan fingerprint density at radius 1 is 0.939 bits per heavy atom. The van der Waals surface area contributed by atoms with Crippen LogP contribution in [0.15, 0.2) is 60.7 Å². The van der Waals surface area contributed by atoms with Gasteiger partial charge >= 0.3 is 0 Å². The normalized spacial score (nSPS) is 14.3. The van der Waals surface area contributed by atoms with Gasteiger partial charge in [0.2, 0.25) is 5.91 Å². The summed E-state index contributed by atoms with van der Waals surface area (Å²) in [6.45, 7) is 5.99. The smallest absolute Gasteiger partial charge is 0.274 e. The summed E-state index contributed by atoms with van der Waals surface area (Å²) in [6, 6.07) is 20.1. The molecule has 7 nitrogen and oxygen atoms in total. The van der Waals surface area contributed by atoms with E-state index in [1.165, 1.54) is 11.1 Å². The van der Waals surface area contributed by atoms with Crippen LogP contribution >= 0.6 is 0 Å². The summed E-state index contributed by atoms with van der Waals surface area (Å²) >= 11 is 0. The van der Waals surface area contributed by atoms with Crippen LogP contribution in [-0.2, 0) is 24.8 Å². The lowest BCUT2D eigenvalue weighted by molar-refractivity contribution is -0.116. The first kappa shape index (κ1) is 22.7. The highest BCUT2D eigenvalue weighted by atomic mass is 16.2. The Morgan fingerprint density at radius 2 is 1.67 bits per heavy atom. The van der Waals surface area contributed by atoms with Gasteiger partial charge in [-0.15, -0.1) is 0 Å². The van der Waals surface area contributed by atoms with Crippen molar-refractivity contribution in [3.63, 3.8) is 0 Å². The summed E-state index contributed by atoms with van der Waals surface area (Å²) in [4.78, 5) is 29.6. The fourth-order valence-electron chi connectivity index (χ4n) is 4.14. The van der Waals surface area contributed by atoms with Crippen LogP contribution in [0.3, 0.4) is 0 Å². The Hall–Kier alpha value is -3.45. The average molecular weight is 446 g/mol. The van der Waals surface area contributed by atoms with Gasteiger partial charge < -0.3 is 10.2 Å². The molecule has 0 spiro atoms. The molecule has 172 valence electrons. The summed E-state index contributed by atoms with van der Waals surface area (Å²) in [7, 11) is 1.74. The van der Waals surface area contributed by atoms with Gasteiger partial charge in [-0.25, -0.2) is 0 Å². The van der Waals surface area contributed by atoms with Crippen LogP contribution in [0.1, 0.15) is 33.6 Å². The van der Waals surface area contributed by atoms with Gasteiger partial charge in [-0.1, -0.05) is 60.2 Å². The number of carbonyl (C=O) groups excluding carboxylic acids is 2. The molecule has 3 aromatic rings. The van der Waals surface area contributed by atoms with Gasteiger partial charge in [-0.3, -0.25) is 19.2 Å². The molecule has 2 heterocycles. The molecule has 2 aromatic carbocycles. The van der Waals surface area contributed by atoms with Gasteiger partial charge in [-0.2, -0.15) is 5.10 Å². The molecule has 1 aromatic heterocycles. The van der Waals surface area contributed by atoms with E-state index in [4.69, 9.17) is 0 Å². The second-order valence-electron chi connectivity index (χ2n) is 8.63. The van der Waals surface area contributed by atoms with Crippen LogP contribution in [0.5, 0.6) is 0 Å². The number of carbonyl (C=O) groups is 2. The maximum atomic E-state index is 13.0. The van der Waals surface area contributed by atoms with Crippen LogP contribution in [0.2, 0.25) is 0 Å². The van der Waals surface area contributed by atoms with Gasteiger partial charge in [0.05, 0.1) is 0 Å². The molecule has 1 fully saturated rings. The van der Waals surface area contributed by atoms with Gasteiger partial charge in [-0.05, 0) is 24.5 Å². The number of amides is 2. The predicted molar refractivity (Wildman–Crippen MR) is 129 cm³/mol. The molecule has 0 saturated carbocycles. The topological polar surface area (TPSA) is 70.5 Å². The quantitative estimate of drug-likeness (QED) is 0.606. The maximum absolute atomic E-state index is 13.0. The minimum atomic E-state index is -0.0920. The highest BCUT2D eigenvalue weighted by molar-refractivity contribution is 5.95. The Balaban J connectivity index is 1.28. The number of piperazine rings is 1. The first-order valence-corrected chi connectivity index (χ1v) is 11.4. The maximum Gasteiger partial charge on any atom is 0.274 e. The number of hydrogen-bond acceptors (Lipinski definition) is 4. The molecule has 7 heteroatoms. The molecule has 33 heavy (non-hydrogen) atoms. The lowest BCUT2D eigenvalue weighted by atomic mass is 10.1. The van der Waals surface area contributed by atoms with Crippen LogP contribution < -0.4 is 5.32 Å². The summed E-state index contributed by atoms with van der Waals surface area (Å²) < 4.78 is 1.56. The molecule has 1 aliphatic heterocycles. The van der Waals surface area contributed by atoms with Gasteiger partial charge in [0.15, 0.2) is 5.69 Å². The highest BCUT2D eigenvalue weighted by Gasteiger charge is 2.25. The first-order chi connectivity index (χ1) is 16.0. The molecule has 1 aliphatic rings. The van der Waals surface area contributed by atoms with Crippen molar-refractivity contribution in [2.24, 2.45) is 7.05 Å². The first-order valence-electron chi connectivity index (χ1n) is 11.4. The van der Waals surface area contributed by atoms with Crippen molar-refractivity contribution in [1.29, 1.82) is 0 Å². The van der Waals surface area contributed by atoms with E-state index < -0.39 is 0 Å². The second kappa shape index (κ2) is 10.4. The average Bonchev–Trinajstić information content (AvgIpc) is 3.18. The van der Waals surface area contributed by atoms with E-state index in [1.807, 2.05) is 35.2 Å². The van der Waals surface area contributed by atoms with E-state index in [0.717, 1.165) is 25.2 Å². The summed E-state index contributed by atoms with van der Waals surface area (Å²) in [6.07, 6.45) is 1.05. The third-order valence-electron chi connectivity index (χ3n) is 6.00. The highest BCUT2D eigenvalue weighted by Crippen LogP contribution is 2.15. The van der Waals surface area contributed by atoms with Crippen molar-refractivity contribution in [2.75, 3.05) is 31.5 Å². The zero-order valence-corrected chi connectivity index (χ0v) is 19.3. The largest absolute Gasteiger partial charge is 0.335 e. The van der Waals surface area contributed by atoms with Crippen molar-refractivity contribution >= 4 is 17.6 Å². The number of aromatic nitrogens is 2. The SMILES string of the molecule is Cc1cccc(CN2CCN(C(=O)c3cc(NC(=O)CCc4ccccc4)n(C)n3)CC2)c1. The van der Waals surface area contributed by atoms with E-state index in [0.29, 0.717) is 37.4 Å². The van der Waals surface area contributed by atoms with Gasteiger partial charge in [0, 0.05) is 52.3 Å². The summed E-state index contributed by atoms with van der Waals surface area (Å²) in [5.74, 6) is 0.353. The molecule has 1 N–H and O–H groups in total. The molecule has 0 unspecified atom stereocenters. The van der Waals surface area contributed by atoms with E-state index in [2.05, 4.69) is 46.5 Å². The molecule has 0 aliphatic carbocycles. The molecule has 4 rings (SSSR count). The fourth-order valence-corrected chi connectivity index (χ4v) is 4.14. The zero-order chi connectivity index (χ0) is 23.2. The van der Waals surface area contributed by atoms with Crippen LogP contribution in [-0.4, -0.2) is 57.6 Å². The molecule has 2 amide bonds. The van der Waals surface area contributed by atoms with E-state index in [9.17, 15) is 9.59 Å². The fraction of sp³-hybridized carbons (Fsp3) is 0.346. The number of anilines is 1.